The number of piperazine rings is 1. The summed E-state index contributed by atoms with van der Waals surface area (Å²) in [5.74, 6) is 0.981. The molecule has 110 valence electrons. The summed E-state index contributed by atoms with van der Waals surface area (Å²) >= 11 is 0. The molecule has 2 aliphatic heterocycles. The molecule has 0 atom stereocenters. The Hall–Kier alpha value is -1.10. The molecule has 2 heterocycles. The fourth-order valence-corrected chi connectivity index (χ4v) is 2.93. The van der Waals surface area contributed by atoms with E-state index in [4.69, 9.17) is 4.74 Å². The average molecular weight is 275 g/mol. The van der Waals surface area contributed by atoms with E-state index in [-0.39, 0.29) is 0 Å². The number of rotatable bonds is 5. The van der Waals surface area contributed by atoms with Crippen LogP contribution in [0.4, 0.5) is 0 Å². The van der Waals surface area contributed by atoms with Crippen LogP contribution in [0.5, 0.6) is 5.75 Å². The topological polar surface area (TPSA) is 27.7 Å². The maximum absolute atomic E-state index is 5.78. The Kier molecular flexibility index (Phi) is 4.55. The van der Waals surface area contributed by atoms with E-state index in [1.54, 1.807) is 0 Å². The van der Waals surface area contributed by atoms with Crippen LogP contribution >= 0.6 is 0 Å². The van der Waals surface area contributed by atoms with Gasteiger partial charge in [-0.2, -0.15) is 0 Å². The van der Waals surface area contributed by atoms with Gasteiger partial charge in [-0.05, 0) is 19.1 Å². The Morgan fingerprint density at radius 3 is 2.55 bits per heavy atom. The summed E-state index contributed by atoms with van der Waals surface area (Å²) in [5.41, 5.74) is 1.28. The molecule has 2 saturated heterocycles. The Balaban J connectivity index is 1.32. The van der Waals surface area contributed by atoms with Crippen molar-refractivity contribution in [2.24, 2.45) is 0 Å². The van der Waals surface area contributed by atoms with Gasteiger partial charge in [-0.15, -0.1) is 0 Å². The van der Waals surface area contributed by atoms with Crippen molar-refractivity contribution in [2.75, 3.05) is 52.4 Å². The lowest BCUT2D eigenvalue weighted by Gasteiger charge is -2.46. The maximum Gasteiger partial charge on any atom is 0.119 e. The first-order chi connectivity index (χ1) is 9.81. The number of nitrogens with zero attached hydrogens (tertiary/aromatic N) is 2. The zero-order chi connectivity index (χ0) is 13.8. The standard InChI is InChI=1S/C16H25N3O/c1-14-2-4-16(5-3-14)20-11-10-18-12-15(13-18)19-8-6-17-7-9-19/h2-5,15,17H,6-13H2,1H3. The van der Waals surface area contributed by atoms with Crippen LogP contribution in [-0.2, 0) is 0 Å². The Morgan fingerprint density at radius 1 is 1.15 bits per heavy atom. The summed E-state index contributed by atoms with van der Waals surface area (Å²) < 4.78 is 5.78. The summed E-state index contributed by atoms with van der Waals surface area (Å²) in [7, 11) is 0. The van der Waals surface area contributed by atoms with Crippen LogP contribution in [-0.4, -0.2) is 68.3 Å². The third-order valence-electron chi connectivity index (χ3n) is 4.30. The quantitative estimate of drug-likeness (QED) is 0.866. The molecule has 0 saturated carbocycles. The summed E-state index contributed by atoms with van der Waals surface area (Å²) in [4.78, 5) is 5.11. The van der Waals surface area contributed by atoms with Crippen LogP contribution in [0.15, 0.2) is 24.3 Å². The molecule has 1 aromatic carbocycles. The third-order valence-corrected chi connectivity index (χ3v) is 4.30. The number of hydrogen-bond donors (Lipinski definition) is 1. The Morgan fingerprint density at radius 2 is 1.85 bits per heavy atom. The Bertz CT molecular complexity index is 408. The highest BCUT2D eigenvalue weighted by Gasteiger charge is 2.31. The van der Waals surface area contributed by atoms with Crippen molar-refractivity contribution in [1.82, 2.24) is 15.1 Å². The molecule has 1 N–H and O–H groups in total. The van der Waals surface area contributed by atoms with Crippen LogP contribution in [0, 0.1) is 6.92 Å². The predicted octanol–water partition coefficient (Wildman–Crippen LogP) is 0.963. The van der Waals surface area contributed by atoms with E-state index in [1.165, 1.54) is 31.7 Å². The lowest BCUT2D eigenvalue weighted by molar-refractivity contribution is 0.0202. The van der Waals surface area contributed by atoms with Crippen molar-refractivity contribution in [2.45, 2.75) is 13.0 Å². The molecule has 1 aromatic rings. The van der Waals surface area contributed by atoms with E-state index in [0.717, 1.165) is 38.0 Å². The van der Waals surface area contributed by atoms with Gasteiger partial charge < -0.3 is 10.1 Å². The highest BCUT2D eigenvalue weighted by Crippen LogP contribution is 2.16. The van der Waals surface area contributed by atoms with Crippen molar-refractivity contribution >= 4 is 0 Å². The lowest BCUT2D eigenvalue weighted by atomic mass is 10.1. The first-order valence-corrected chi connectivity index (χ1v) is 7.68. The first-order valence-electron chi connectivity index (χ1n) is 7.68. The molecule has 0 amide bonds. The van der Waals surface area contributed by atoms with Crippen LogP contribution in [0.1, 0.15) is 5.56 Å². The van der Waals surface area contributed by atoms with Gasteiger partial charge in [0.15, 0.2) is 0 Å². The minimum absolute atomic E-state index is 0.775. The smallest absolute Gasteiger partial charge is 0.119 e. The normalized spacial score (nSPS) is 21.6. The predicted molar refractivity (Wildman–Crippen MR) is 81.3 cm³/mol. The number of ether oxygens (including phenoxy) is 1. The first kappa shape index (κ1) is 13.9. The summed E-state index contributed by atoms with van der Waals surface area (Å²) in [5, 5.41) is 3.41. The molecular weight excluding hydrogens is 250 g/mol. The molecule has 0 unspecified atom stereocenters. The summed E-state index contributed by atoms with van der Waals surface area (Å²) in [6.07, 6.45) is 0. The van der Waals surface area contributed by atoms with Crippen molar-refractivity contribution in [1.29, 1.82) is 0 Å². The van der Waals surface area contributed by atoms with E-state index in [2.05, 4.69) is 46.3 Å². The zero-order valence-corrected chi connectivity index (χ0v) is 12.3. The average Bonchev–Trinajstić information content (AvgIpc) is 2.44. The van der Waals surface area contributed by atoms with Gasteiger partial charge in [0.2, 0.25) is 0 Å². The van der Waals surface area contributed by atoms with Gasteiger partial charge in [-0.25, -0.2) is 0 Å². The zero-order valence-electron chi connectivity index (χ0n) is 12.3. The van der Waals surface area contributed by atoms with Crippen molar-refractivity contribution in [3.63, 3.8) is 0 Å². The molecule has 3 rings (SSSR count). The molecule has 0 aliphatic carbocycles. The van der Waals surface area contributed by atoms with Crippen LogP contribution in [0.25, 0.3) is 0 Å². The maximum atomic E-state index is 5.78. The van der Waals surface area contributed by atoms with Crippen LogP contribution in [0.3, 0.4) is 0 Å². The molecule has 2 aliphatic rings. The molecule has 0 bridgehead atoms. The molecular formula is C16H25N3O. The van der Waals surface area contributed by atoms with Gasteiger partial charge in [0.05, 0.1) is 0 Å². The molecule has 2 fully saturated rings. The molecule has 0 spiro atoms. The molecule has 20 heavy (non-hydrogen) atoms. The van der Waals surface area contributed by atoms with E-state index >= 15 is 0 Å². The van der Waals surface area contributed by atoms with Gasteiger partial charge in [0.1, 0.15) is 12.4 Å². The number of likely N-dealkylation sites (tertiary alicyclic amines) is 1. The van der Waals surface area contributed by atoms with Crippen LogP contribution in [0.2, 0.25) is 0 Å². The van der Waals surface area contributed by atoms with Crippen molar-refractivity contribution in [3.05, 3.63) is 29.8 Å². The van der Waals surface area contributed by atoms with Crippen molar-refractivity contribution in [3.8, 4) is 5.75 Å². The molecule has 0 radical (unpaired) electrons. The minimum Gasteiger partial charge on any atom is -0.492 e. The van der Waals surface area contributed by atoms with E-state index < -0.39 is 0 Å². The highest BCUT2D eigenvalue weighted by atomic mass is 16.5. The van der Waals surface area contributed by atoms with Gasteiger partial charge in [0.25, 0.3) is 0 Å². The molecule has 4 nitrogen and oxygen atoms in total. The number of benzene rings is 1. The van der Waals surface area contributed by atoms with Crippen LogP contribution < -0.4 is 10.1 Å². The second-order valence-electron chi connectivity index (χ2n) is 5.86. The number of nitrogens with one attached hydrogen (secondary N) is 1. The highest BCUT2D eigenvalue weighted by molar-refractivity contribution is 5.26. The van der Waals surface area contributed by atoms with Gasteiger partial charge in [-0.1, -0.05) is 17.7 Å². The fraction of sp³-hybridized carbons (Fsp3) is 0.625. The molecule has 4 heteroatoms. The molecule has 0 aromatic heterocycles. The van der Waals surface area contributed by atoms with Crippen molar-refractivity contribution < 1.29 is 4.74 Å². The third kappa shape index (κ3) is 3.51. The van der Waals surface area contributed by atoms with E-state index in [0.29, 0.717) is 0 Å². The minimum atomic E-state index is 0.775. The summed E-state index contributed by atoms with van der Waals surface area (Å²) in [6.45, 7) is 11.0. The largest absolute Gasteiger partial charge is 0.492 e. The summed E-state index contributed by atoms with van der Waals surface area (Å²) in [6, 6.07) is 9.07. The lowest BCUT2D eigenvalue weighted by Crippen LogP contribution is -2.63. The van der Waals surface area contributed by atoms with Gasteiger partial charge in [-0.3, -0.25) is 9.80 Å². The Labute approximate surface area is 121 Å². The SMILES string of the molecule is Cc1ccc(OCCN2CC(N3CCNCC3)C2)cc1. The number of aryl methyl sites for hydroxylation is 1. The van der Waals surface area contributed by atoms with Gasteiger partial charge in [0, 0.05) is 51.9 Å². The fourth-order valence-electron chi connectivity index (χ4n) is 2.93. The monoisotopic (exact) mass is 275 g/mol. The second kappa shape index (κ2) is 6.57. The van der Waals surface area contributed by atoms with Gasteiger partial charge >= 0.3 is 0 Å². The number of hydrogen-bond acceptors (Lipinski definition) is 4. The second-order valence-corrected chi connectivity index (χ2v) is 5.86. The van der Waals surface area contributed by atoms with E-state index in [9.17, 15) is 0 Å². The van der Waals surface area contributed by atoms with E-state index in [1.807, 2.05) is 0 Å².